The lowest BCUT2D eigenvalue weighted by molar-refractivity contribution is -0.142. The van der Waals surface area contributed by atoms with Crippen LogP contribution in [0.5, 0.6) is 0 Å². The van der Waals surface area contributed by atoms with Crippen LogP contribution < -0.4 is 10.6 Å². The predicted octanol–water partition coefficient (Wildman–Crippen LogP) is 1.11. The molecule has 2 amide bonds. The van der Waals surface area contributed by atoms with E-state index >= 15 is 0 Å². The fourth-order valence-electron chi connectivity index (χ4n) is 2.63. The third-order valence-electron chi connectivity index (χ3n) is 4.32. The molecule has 0 aliphatic heterocycles. The van der Waals surface area contributed by atoms with E-state index in [-0.39, 0.29) is 6.42 Å². The van der Waals surface area contributed by atoms with Crippen molar-refractivity contribution in [1.29, 1.82) is 0 Å². The molecule has 10 nitrogen and oxygen atoms in total. The highest BCUT2D eigenvalue weighted by atomic mass is 32.2. The number of carbonyl (C=O) groups excluding carboxylic acids is 2. The highest BCUT2D eigenvalue weighted by Crippen LogP contribution is 2.30. The molecule has 2 aromatic rings. The summed E-state index contributed by atoms with van der Waals surface area (Å²) in [6.45, 7) is 2.17. The smallest absolute Gasteiger partial charge is 0.379 e. The monoisotopic (exact) mass is 493 g/mol. The van der Waals surface area contributed by atoms with Crippen LogP contribution in [0.15, 0.2) is 23.1 Å². The van der Waals surface area contributed by atoms with Crippen molar-refractivity contribution in [2.45, 2.75) is 36.9 Å². The Morgan fingerprint density at radius 3 is 2.33 bits per heavy atom. The first-order chi connectivity index (χ1) is 15.1. The topological polar surface area (TPSA) is 151 Å². The first-order valence-electron chi connectivity index (χ1n) is 9.21. The van der Waals surface area contributed by atoms with Gasteiger partial charge >= 0.3 is 6.18 Å². The van der Waals surface area contributed by atoms with Gasteiger partial charge in [-0.2, -0.15) is 13.2 Å². The van der Waals surface area contributed by atoms with E-state index in [0.29, 0.717) is 6.07 Å². The standard InChI is InChI=1S/C18H19F4N5O5S/c1-4-12-13(18(20,21)22)24-16(27-26-12)25-15(29)17(2,30)8-33(31,32)9-5-6-10(11(19)7-9)14(28)23-3/h5-7,30H,4,8H2,1-3H3,(H,23,28)(H,24,25,27,29)/t17-/m0/s1. The van der Waals surface area contributed by atoms with Crippen molar-refractivity contribution in [2.75, 3.05) is 18.1 Å². The van der Waals surface area contributed by atoms with Crippen LogP contribution in [0, 0.1) is 5.82 Å². The SMILES string of the molecule is CCc1nnc(NC(=O)[C@@](C)(O)CS(=O)(=O)c2ccc(C(=O)NC)c(F)c2)nc1C(F)(F)F. The van der Waals surface area contributed by atoms with Crippen LogP contribution in [0.4, 0.5) is 23.5 Å². The van der Waals surface area contributed by atoms with E-state index in [1.807, 2.05) is 0 Å². The molecular weight excluding hydrogens is 474 g/mol. The average molecular weight is 493 g/mol. The Kier molecular flexibility index (Phi) is 7.38. The first-order valence-corrected chi connectivity index (χ1v) is 10.9. The van der Waals surface area contributed by atoms with Gasteiger partial charge in [0.25, 0.3) is 11.8 Å². The molecule has 2 rings (SSSR count). The lowest BCUT2D eigenvalue weighted by atomic mass is 10.1. The molecule has 1 atom stereocenters. The van der Waals surface area contributed by atoms with Gasteiger partial charge in [-0.05, 0) is 31.5 Å². The number of rotatable bonds is 7. The van der Waals surface area contributed by atoms with Crippen molar-refractivity contribution in [1.82, 2.24) is 20.5 Å². The lowest BCUT2D eigenvalue weighted by Crippen LogP contribution is -2.46. The van der Waals surface area contributed by atoms with Gasteiger partial charge in [-0.25, -0.2) is 17.8 Å². The fourth-order valence-corrected chi connectivity index (χ4v) is 4.23. The zero-order valence-electron chi connectivity index (χ0n) is 17.5. The molecule has 0 unspecified atom stereocenters. The Labute approximate surface area is 185 Å². The molecule has 1 aromatic carbocycles. The predicted molar refractivity (Wildman–Crippen MR) is 105 cm³/mol. The molecule has 1 aromatic heterocycles. The van der Waals surface area contributed by atoms with Crippen molar-refractivity contribution in [3.8, 4) is 0 Å². The van der Waals surface area contributed by atoms with Crippen LogP contribution in [-0.2, 0) is 27.2 Å². The minimum Gasteiger partial charge on any atom is -0.379 e. The number of aliphatic hydroxyl groups is 1. The minimum atomic E-state index is -4.89. The fraction of sp³-hybridized carbons (Fsp3) is 0.389. The number of anilines is 1. The summed E-state index contributed by atoms with van der Waals surface area (Å²) >= 11 is 0. The third-order valence-corrected chi connectivity index (χ3v) is 6.23. The quantitative estimate of drug-likeness (QED) is 0.486. The van der Waals surface area contributed by atoms with Gasteiger partial charge in [0.05, 0.1) is 21.9 Å². The number of sulfone groups is 1. The molecule has 0 fully saturated rings. The van der Waals surface area contributed by atoms with Crippen LogP contribution in [0.1, 0.15) is 35.6 Å². The van der Waals surface area contributed by atoms with E-state index in [2.05, 4.69) is 20.5 Å². The van der Waals surface area contributed by atoms with E-state index in [1.54, 1.807) is 5.32 Å². The summed E-state index contributed by atoms with van der Waals surface area (Å²) in [4.78, 5) is 26.5. The van der Waals surface area contributed by atoms with E-state index in [0.717, 1.165) is 19.1 Å². The van der Waals surface area contributed by atoms with E-state index in [9.17, 15) is 40.7 Å². The number of hydrogen-bond donors (Lipinski definition) is 3. The van der Waals surface area contributed by atoms with Crippen LogP contribution in [0.2, 0.25) is 0 Å². The van der Waals surface area contributed by atoms with Crippen molar-refractivity contribution < 1.29 is 40.7 Å². The number of hydrogen-bond acceptors (Lipinski definition) is 8. The lowest BCUT2D eigenvalue weighted by Gasteiger charge is -2.22. The average Bonchev–Trinajstić information content (AvgIpc) is 2.71. The Morgan fingerprint density at radius 1 is 1.18 bits per heavy atom. The molecule has 180 valence electrons. The molecule has 0 saturated heterocycles. The highest BCUT2D eigenvalue weighted by molar-refractivity contribution is 7.91. The molecule has 3 N–H and O–H groups in total. The van der Waals surface area contributed by atoms with Crippen LogP contribution >= 0.6 is 0 Å². The molecule has 0 radical (unpaired) electrons. The van der Waals surface area contributed by atoms with Gasteiger partial charge < -0.3 is 10.4 Å². The second-order valence-corrected chi connectivity index (χ2v) is 8.98. The van der Waals surface area contributed by atoms with Gasteiger partial charge in [0, 0.05) is 7.05 Å². The van der Waals surface area contributed by atoms with E-state index in [1.165, 1.54) is 14.0 Å². The number of nitrogens with zero attached hydrogens (tertiary/aromatic N) is 3. The normalized spacial score (nSPS) is 13.8. The molecular formula is C18H19F4N5O5S. The molecule has 0 bridgehead atoms. The number of carbonyl (C=O) groups is 2. The number of amides is 2. The summed E-state index contributed by atoms with van der Waals surface area (Å²) in [6.07, 6.45) is -5.04. The van der Waals surface area contributed by atoms with Crippen molar-refractivity contribution >= 4 is 27.6 Å². The summed E-state index contributed by atoms with van der Waals surface area (Å²) in [5.74, 6) is -5.56. The number of nitrogens with one attached hydrogen (secondary N) is 2. The van der Waals surface area contributed by atoms with E-state index < -0.39 is 72.8 Å². The maximum atomic E-state index is 14.1. The molecule has 0 aliphatic rings. The molecule has 0 aliphatic carbocycles. The Bertz CT molecular complexity index is 1190. The summed E-state index contributed by atoms with van der Waals surface area (Å²) < 4.78 is 78.6. The number of halogens is 4. The third kappa shape index (κ3) is 5.98. The molecule has 33 heavy (non-hydrogen) atoms. The van der Waals surface area contributed by atoms with Crippen molar-refractivity contribution in [3.05, 3.63) is 41.0 Å². The summed E-state index contributed by atoms with van der Waals surface area (Å²) in [7, 11) is -3.24. The number of alkyl halides is 3. The molecule has 0 saturated carbocycles. The van der Waals surface area contributed by atoms with Gasteiger partial charge in [0.15, 0.2) is 21.1 Å². The zero-order chi connectivity index (χ0) is 25.2. The second-order valence-electron chi connectivity index (χ2n) is 6.99. The maximum Gasteiger partial charge on any atom is 0.435 e. The van der Waals surface area contributed by atoms with Gasteiger partial charge in [-0.15, -0.1) is 10.2 Å². The van der Waals surface area contributed by atoms with Gasteiger partial charge in [0.2, 0.25) is 5.95 Å². The second kappa shape index (κ2) is 9.35. The van der Waals surface area contributed by atoms with E-state index in [4.69, 9.17) is 0 Å². The zero-order valence-corrected chi connectivity index (χ0v) is 18.3. The highest BCUT2D eigenvalue weighted by Gasteiger charge is 2.39. The summed E-state index contributed by atoms with van der Waals surface area (Å²) in [5, 5.41) is 21.0. The summed E-state index contributed by atoms with van der Waals surface area (Å²) in [6, 6.07) is 2.35. The van der Waals surface area contributed by atoms with Crippen LogP contribution in [-0.4, -0.2) is 58.9 Å². The largest absolute Gasteiger partial charge is 0.435 e. The Morgan fingerprint density at radius 2 is 1.82 bits per heavy atom. The van der Waals surface area contributed by atoms with Gasteiger partial charge in [-0.1, -0.05) is 6.92 Å². The van der Waals surface area contributed by atoms with Crippen LogP contribution in [0.3, 0.4) is 0 Å². The maximum absolute atomic E-state index is 14.1. The molecule has 1 heterocycles. The number of benzene rings is 1. The van der Waals surface area contributed by atoms with Crippen molar-refractivity contribution in [2.24, 2.45) is 0 Å². The molecule has 0 spiro atoms. The van der Waals surface area contributed by atoms with Crippen molar-refractivity contribution in [3.63, 3.8) is 0 Å². The van der Waals surface area contributed by atoms with Gasteiger partial charge in [0.1, 0.15) is 5.82 Å². The Hall–Kier alpha value is -3.20. The van der Waals surface area contributed by atoms with Crippen LogP contribution in [0.25, 0.3) is 0 Å². The number of aromatic nitrogens is 3. The Balaban J connectivity index is 2.27. The number of aryl methyl sites for hydroxylation is 1. The van der Waals surface area contributed by atoms with Gasteiger partial charge in [-0.3, -0.25) is 14.9 Å². The minimum absolute atomic E-state index is 0.145. The molecule has 15 heteroatoms. The summed E-state index contributed by atoms with van der Waals surface area (Å²) in [5.41, 5.74) is -4.98. The first kappa shape index (κ1) is 26.1.